The second kappa shape index (κ2) is 5.31. The van der Waals surface area contributed by atoms with E-state index in [0.29, 0.717) is 26.8 Å². The van der Waals surface area contributed by atoms with Crippen LogP contribution in [-0.4, -0.2) is 15.6 Å². The Kier molecular flexibility index (Phi) is 3.51. The minimum Gasteiger partial charge on any atom is -0.506 e. The summed E-state index contributed by atoms with van der Waals surface area (Å²) in [5, 5.41) is 10.6. The van der Waals surface area contributed by atoms with E-state index in [1.165, 1.54) is 11.8 Å². The van der Waals surface area contributed by atoms with Gasteiger partial charge in [-0.15, -0.1) is 11.8 Å². The molecule has 100 valence electrons. The third-order valence-electron chi connectivity index (χ3n) is 3.14. The molecule has 0 aromatic heterocycles. The van der Waals surface area contributed by atoms with Crippen molar-refractivity contribution in [3.8, 4) is 11.5 Å². The molecule has 0 unspecified atom stereocenters. The maximum Gasteiger partial charge on any atom is 0.138 e. The molecule has 0 amide bonds. The molecule has 2 aromatic carbocycles. The Morgan fingerprint density at radius 2 is 1.55 bits per heavy atom. The first-order valence-corrected chi connectivity index (χ1v) is 7.74. The molecule has 0 fully saturated rings. The molecule has 3 rings (SSSR count). The number of thioether (sulfide) groups is 1. The Hall–Kier alpha value is -1.78. The van der Waals surface area contributed by atoms with Crippen molar-refractivity contribution in [1.82, 2.24) is 0 Å². The summed E-state index contributed by atoms with van der Waals surface area (Å²) < 4.78 is 6.58. The smallest absolute Gasteiger partial charge is 0.138 e. The number of ether oxygens (including phenoxy) is 1. The first kappa shape index (κ1) is 13.2. The van der Waals surface area contributed by atoms with E-state index in [9.17, 15) is 5.11 Å². The highest BCUT2D eigenvalue weighted by atomic mass is 32.2. The molecule has 4 heteroatoms. The number of rotatable bonds is 1. The molecule has 0 aliphatic carbocycles. The summed E-state index contributed by atoms with van der Waals surface area (Å²) in [7, 11) is 0. The number of para-hydroxylation sites is 2. The fraction of sp³-hybridized carbons (Fsp3) is 0.0625. The molecule has 1 N–H and O–H groups in total. The largest absolute Gasteiger partial charge is 0.506 e. The molecule has 0 atom stereocenters. The fourth-order valence-corrected chi connectivity index (χ4v) is 2.82. The van der Waals surface area contributed by atoms with Crippen LogP contribution in [0.1, 0.15) is 11.1 Å². The molecule has 0 spiro atoms. The first-order chi connectivity index (χ1) is 9.72. The average Bonchev–Trinajstić information content (AvgIpc) is 2.61. The number of fused-ring (bicyclic) bond motifs is 2. The van der Waals surface area contributed by atoms with Gasteiger partial charge in [-0.1, -0.05) is 42.5 Å². The number of benzene rings is 2. The van der Waals surface area contributed by atoms with Gasteiger partial charge in [0.15, 0.2) is 0 Å². The zero-order chi connectivity index (χ0) is 14.1. The van der Waals surface area contributed by atoms with Crippen molar-refractivity contribution >= 4 is 39.5 Å². The van der Waals surface area contributed by atoms with Gasteiger partial charge in [-0.25, -0.2) is 0 Å². The standard InChI is InChI=1S/C16H12O2S2/c1-20-16(19)14-10-6-2-4-8-12(10)18-13-9-5-3-7-11(13)15(14)17/h2-9,17H,1H3. The summed E-state index contributed by atoms with van der Waals surface area (Å²) in [6, 6.07) is 15.0. The molecule has 0 saturated heterocycles. The summed E-state index contributed by atoms with van der Waals surface area (Å²) in [6.07, 6.45) is 1.91. The Bertz CT molecular complexity index is 720. The van der Waals surface area contributed by atoms with Crippen LogP contribution >= 0.6 is 24.0 Å². The van der Waals surface area contributed by atoms with E-state index in [-0.39, 0.29) is 5.76 Å². The Labute approximate surface area is 127 Å². The molecule has 1 heterocycles. The van der Waals surface area contributed by atoms with Gasteiger partial charge in [-0.05, 0) is 24.5 Å². The molecule has 2 aromatic rings. The van der Waals surface area contributed by atoms with Gasteiger partial charge in [0.1, 0.15) is 17.3 Å². The van der Waals surface area contributed by atoms with Crippen LogP contribution in [0.5, 0.6) is 11.5 Å². The van der Waals surface area contributed by atoms with Gasteiger partial charge >= 0.3 is 0 Å². The van der Waals surface area contributed by atoms with Crippen LogP contribution < -0.4 is 4.74 Å². The van der Waals surface area contributed by atoms with Crippen LogP contribution in [0.25, 0.3) is 11.3 Å². The van der Waals surface area contributed by atoms with Gasteiger partial charge in [-0.2, -0.15) is 0 Å². The van der Waals surface area contributed by atoms with Crippen molar-refractivity contribution in [3.63, 3.8) is 0 Å². The molecule has 1 aliphatic rings. The van der Waals surface area contributed by atoms with Crippen molar-refractivity contribution in [1.29, 1.82) is 0 Å². The molecule has 0 bridgehead atoms. The van der Waals surface area contributed by atoms with E-state index in [1.54, 1.807) is 0 Å². The van der Waals surface area contributed by atoms with Crippen molar-refractivity contribution in [2.45, 2.75) is 0 Å². The van der Waals surface area contributed by atoms with Crippen LogP contribution in [0.3, 0.4) is 0 Å². The van der Waals surface area contributed by atoms with Crippen molar-refractivity contribution in [3.05, 3.63) is 59.7 Å². The minimum atomic E-state index is 0.171. The van der Waals surface area contributed by atoms with Gasteiger partial charge in [0, 0.05) is 5.56 Å². The van der Waals surface area contributed by atoms with Gasteiger partial charge in [0.05, 0.1) is 15.3 Å². The molecule has 20 heavy (non-hydrogen) atoms. The molecular weight excluding hydrogens is 288 g/mol. The predicted molar refractivity (Wildman–Crippen MR) is 88.5 cm³/mol. The van der Waals surface area contributed by atoms with E-state index in [1.807, 2.05) is 54.8 Å². The predicted octanol–water partition coefficient (Wildman–Crippen LogP) is 4.91. The lowest BCUT2D eigenvalue weighted by Crippen LogP contribution is -1.98. The van der Waals surface area contributed by atoms with Crippen molar-refractivity contribution < 1.29 is 9.84 Å². The number of thiocarbonyl (C=S) groups is 1. The van der Waals surface area contributed by atoms with E-state index in [0.717, 1.165) is 5.56 Å². The number of hydrogen-bond acceptors (Lipinski definition) is 4. The van der Waals surface area contributed by atoms with Gasteiger partial charge in [0.2, 0.25) is 0 Å². The minimum absolute atomic E-state index is 0.171. The number of aliphatic hydroxyl groups excluding tert-OH is 1. The fourth-order valence-electron chi connectivity index (χ4n) is 2.20. The first-order valence-electron chi connectivity index (χ1n) is 6.10. The van der Waals surface area contributed by atoms with Gasteiger partial charge in [0.25, 0.3) is 0 Å². The third kappa shape index (κ3) is 2.11. The Balaban J connectivity index is 2.35. The van der Waals surface area contributed by atoms with E-state index < -0.39 is 0 Å². The summed E-state index contributed by atoms with van der Waals surface area (Å²) >= 11 is 6.85. The second-order valence-electron chi connectivity index (χ2n) is 4.31. The van der Waals surface area contributed by atoms with Gasteiger partial charge < -0.3 is 9.84 Å². The lowest BCUT2D eigenvalue weighted by Gasteiger charge is -2.10. The molecule has 1 aliphatic heterocycles. The molecule has 0 radical (unpaired) electrons. The number of aliphatic hydroxyl groups is 1. The average molecular weight is 300 g/mol. The Morgan fingerprint density at radius 1 is 1.00 bits per heavy atom. The quantitative estimate of drug-likeness (QED) is 0.758. The highest BCUT2D eigenvalue weighted by Gasteiger charge is 2.24. The highest BCUT2D eigenvalue weighted by Crippen LogP contribution is 2.42. The highest BCUT2D eigenvalue weighted by molar-refractivity contribution is 8.24. The van der Waals surface area contributed by atoms with Gasteiger partial charge in [-0.3, -0.25) is 0 Å². The lowest BCUT2D eigenvalue weighted by atomic mass is 10.0. The Morgan fingerprint density at radius 3 is 2.20 bits per heavy atom. The zero-order valence-corrected chi connectivity index (χ0v) is 12.4. The molecular formula is C16H12O2S2. The van der Waals surface area contributed by atoms with Crippen LogP contribution in [0.4, 0.5) is 0 Å². The maximum absolute atomic E-state index is 10.6. The zero-order valence-electron chi connectivity index (χ0n) is 10.8. The van der Waals surface area contributed by atoms with Crippen LogP contribution in [0.2, 0.25) is 0 Å². The summed E-state index contributed by atoms with van der Waals surface area (Å²) in [5.41, 5.74) is 2.14. The topological polar surface area (TPSA) is 29.5 Å². The summed E-state index contributed by atoms with van der Waals surface area (Å²) in [5.74, 6) is 1.51. The van der Waals surface area contributed by atoms with Crippen LogP contribution in [0.15, 0.2) is 48.5 Å². The SMILES string of the molecule is CSC(=S)C1=C(O)c2ccccc2Oc2ccccc21. The van der Waals surface area contributed by atoms with Crippen molar-refractivity contribution in [2.24, 2.45) is 0 Å². The number of hydrogen-bond donors (Lipinski definition) is 1. The monoisotopic (exact) mass is 300 g/mol. The maximum atomic E-state index is 10.6. The normalized spacial score (nSPS) is 13.1. The molecule has 0 saturated carbocycles. The van der Waals surface area contributed by atoms with Crippen LogP contribution in [-0.2, 0) is 0 Å². The van der Waals surface area contributed by atoms with Crippen LogP contribution in [0, 0.1) is 0 Å². The lowest BCUT2D eigenvalue weighted by molar-refractivity contribution is 0.472. The van der Waals surface area contributed by atoms with E-state index >= 15 is 0 Å². The second-order valence-corrected chi connectivity index (χ2v) is 5.79. The molecule has 2 nitrogen and oxygen atoms in total. The van der Waals surface area contributed by atoms with E-state index in [4.69, 9.17) is 17.0 Å². The summed E-state index contributed by atoms with van der Waals surface area (Å²) in [6.45, 7) is 0. The van der Waals surface area contributed by atoms with Crippen molar-refractivity contribution in [2.75, 3.05) is 6.26 Å². The third-order valence-corrected chi connectivity index (χ3v) is 4.42. The summed E-state index contributed by atoms with van der Waals surface area (Å²) in [4.78, 5) is 0. The van der Waals surface area contributed by atoms with E-state index in [2.05, 4.69) is 0 Å².